The lowest BCUT2D eigenvalue weighted by Crippen LogP contribution is -2.16. The van der Waals surface area contributed by atoms with Gasteiger partial charge in [-0.15, -0.1) is 22.9 Å². The highest BCUT2D eigenvalue weighted by Crippen LogP contribution is 2.14. The van der Waals surface area contributed by atoms with E-state index in [4.69, 9.17) is 11.6 Å². The van der Waals surface area contributed by atoms with E-state index in [9.17, 15) is 8.42 Å². The molecule has 0 saturated carbocycles. The summed E-state index contributed by atoms with van der Waals surface area (Å²) >= 11 is 7.48. The van der Waals surface area contributed by atoms with Crippen molar-refractivity contribution in [3.05, 3.63) is 22.4 Å². The van der Waals surface area contributed by atoms with Crippen LogP contribution >= 0.6 is 22.9 Å². The molecule has 0 aromatic carbocycles. The normalized spacial score (nSPS) is 14.3. The smallest absolute Gasteiger partial charge is 0.148 e. The Balaban J connectivity index is 2.47. The molecule has 13 heavy (non-hydrogen) atoms. The van der Waals surface area contributed by atoms with Gasteiger partial charge in [0.1, 0.15) is 9.84 Å². The second kappa shape index (κ2) is 4.44. The Morgan fingerprint density at radius 2 is 2.31 bits per heavy atom. The van der Waals surface area contributed by atoms with E-state index in [-0.39, 0.29) is 11.1 Å². The first-order valence-electron chi connectivity index (χ1n) is 3.81. The van der Waals surface area contributed by atoms with Crippen LogP contribution in [0.5, 0.6) is 0 Å². The van der Waals surface area contributed by atoms with Crippen LogP contribution in [0.15, 0.2) is 17.5 Å². The maximum atomic E-state index is 10.9. The first-order chi connectivity index (χ1) is 5.97. The van der Waals surface area contributed by atoms with Gasteiger partial charge in [-0.1, -0.05) is 6.07 Å². The molecular weight excluding hydrogens is 228 g/mol. The standard InChI is InChI=1S/C8H11ClO2S2/c1-13(10,11)6-7(9)5-8-3-2-4-12-8/h2-4,7H,5-6H2,1H3. The number of hydrogen-bond donors (Lipinski definition) is 0. The summed E-state index contributed by atoms with van der Waals surface area (Å²) in [7, 11) is -2.95. The lowest BCUT2D eigenvalue weighted by Gasteiger charge is -2.05. The second-order valence-electron chi connectivity index (χ2n) is 2.97. The maximum Gasteiger partial charge on any atom is 0.148 e. The van der Waals surface area contributed by atoms with Crippen molar-refractivity contribution in [2.24, 2.45) is 0 Å². The van der Waals surface area contributed by atoms with Gasteiger partial charge in [0.2, 0.25) is 0 Å². The molecule has 0 aliphatic heterocycles. The Morgan fingerprint density at radius 1 is 1.62 bits per heavy atom. The van der Waals surface area contributed by atoms with Crippen LogP contribution in [0.4, 0.5) is 0 Å². The first-order valence-corrected chi connectivity index (χ1v) is 7.19. The van der Waals surface area contributed by atoms with E-state index < -0.39 is 9.84 Å². The lowest BCUT2D eigenvalue weighted by molar-refractivity contribution is 0.599. The van der Waals surface area contributed by atoms with Crippen LogP contribution in [0.25, 0.3) is 0 Å². The van der Waals surface area contributed by atoms with E-state index in [0.717, 1.165) is 4.88 Å². The molecule has 0 spiro atoms. The van der Waals surface area contributed by atoms with Gasteiger partial charge in [-0.2, -0.15) is 0 Å². The predicted octanol–water partition coefficient (Wildman–Crippen LogP) is 1.94. The van der Waals surface area contributed by atoms with Crippen molar-refractivity contribution in [2.75, 3.05) is 12.0 Å². The minimum atomic E-state index is -2.95. The molecule has 0 bridgehead atoms. The van der Waals surface area contributed by atoms with E-state index in [1.165, 1.54) is 6.26 Å². The monoisotopic (exact) mass is 238 g/mol. The van der Waals surface area contributed by atoms with E-state index in [1.54, 1.807) is 11.3 Å². The van der Waals surface area contributed by atoms with Crippen molar-refractivity contribution in [1.29, 1.82) is 0 Å². The summed E-state index contributed by atoms with van der Waals surface area (Å²) in [6, 6.07) is 3.90. The molecule has 5 heteroatoms. The Kier molecular flexibility index (Phi) is 3.76. The third-order valence-electron chi connectivity index (χ3n) is 1.49. The first kappa shape index (κ1) is 11.0. The molecule has 2 nitrogen and oxygen atoms in total. The fourth-order valence-electron chi connectivity index (χ4n) is 1.03. The van der Waals surface area contributed by atoms with Gasteiger partial charge in [0.25, 0.3) is 0 Å². The zero-order valence-electron chi connectivity index (χ0n) is 7.23. The van der Waals surface area contributed by atoms with Crippen LogP contribution in [0.2, 0.25) is 0 Å². The number of hydrogen-bond acceptors (Lipinski definition) is 3. The quantitative estimate of drug-likeness (QED) is 0.752. The zero-order chi connectivity index (χ0) is 9.90. The summed E-state index contributed by atoms with van der Waals surface area (Å²) in [5.41, 5.74) is 0. The van der Waals surface area contributed by atoms with Crippen LogP contribution in [0, 0.1) is 0 Å². The second-order valence-corrected chi connectivity index (χ2v) is 6.81. The Morgan fingerprint density at radius 3 is 2.77 bits per heavy atom. The molecule has 0 aliphatic rings. The zero-order valence-corrected chi connectivity index (χ0v) is 9.62. The fourth-order valence-corrected chi connectivity index (χ4v) is 3.54. The molecule has 0 saturated heterocycles. The lowest BCUT2D eigenvalue weighted by atomic mass is 10.3. The molecule has 1 heterocycles. The molecular formula is C8H11ClO2S2. The summed E-state index contributed by atoms with van der Waals surface area (Å²) < 4.78 is 21.8. The van der Waals surface area contributed by atoms with Crippen LogP contribution in [-0.2, 0) is 16.3 Å². The molecule has 1 atom stereocenters. The van der Waals surface area contributed by atoms with Crippen LogP contribution in [0.1, 0.15) is 4.88 Å². The summed E-state index contributed by atoms with van der Waals surface area (Å²) in [4.78, 5) is 1.13. The Hall–Kier alpha value is -0.0600. The largest absolute Gasteiger partial charge is 0.229 e. The van der Waals surface area contributed by atoms with Crippen LogP contribution in [-0.4, -0.2) is 25.8 Å². The number of thiophene rings is 1. The highest BCUT2D eigenvalue weighted by atomic mass is 35.5. The average molecular weight is 239 g/mol. The maximum absolute atomic E-state index is 10.9. The Labute approximate surface area is 87.5 Å². The fraction of sp³-hybridized carbons (Fsp3) is 0.500. The van der Waals surface area contributed by atoms with Crippen molar-refractivity contribution in [3.63, 3.8) is 0 Å². The van der Waals surface area contributed by atoms with Crippen molar-refractivity contribution < 1.29 is 8.42 Å². The molecule has 0 fully saturated rings. The average Bonchev–Trinajstić information content (AvgIpc) is 2.34. The van der Waals surface area contributed by atoms with Crippen LogP contribution in [0.3, 0.4) is 0 Å². The van der Waals surface area contributed by atoms with Crippen LogP contribution < -0.4 is 0 Å². The topological polar surface area (TPSA) is 34.1 Å². The third-order valence-corrected chi connectivity index (χ3v) is 3.88. The van der Waals surface area contributed by atoms with Gasteiger partial charge < -0.3 is 0 Å². The molecule has 1 rings (SSSR count). The SMILES string of the molecule is CS(=O)(=O)CC(Cl)Cc1cccs1. The predicted molar refractivity (Wildman–Crippen MR) is 57.4 cm³/mol. The minimum absolute atomic E-state index is 0.0481. The summed E-state index contributed by atoms with van der Waals surface area (Å²) in [5, 5.41) is 1.65. The van der Waals surface area contributed by atoms with E-state index in [1.807, 2.05) is 17.5 Å². The van der Waals surface area contributed by atoms with E-state index in [2.05, 4.69) is 0 Å². The van der Waals surface area contributed by atoms with Gasteiger partial charge in [-0.3, -0.25) is 0 Å². The van der Waals surface area contributed by atoms with Gasteiger partial charge in [-0.25, -0.2) is 8.42 Å². The van der Waals surface area contributed by atoms with E-state index >= 15 is 0 Å². The van der Waals surface area contributed by atoms with E-state index in [0.29, 0.717) is 6.42 Å². The Bertz CT molecular complexity index is 342. The van der Waals surface area contributed by atoms with Gasteiger partial charge >= 0.3 is 0 Å². The van der Waals surface area contributed by atoms with Gasteiger partial charge in [-0.05, 0) is 17.9 Å². The molecule has 1 aromatic rings. The number of halogens is 1. The van der Waals surface area contributed by atoms with Gasteiger partial charge in [0.15, 0.2) is 0 Å². The van der Waals surface area contributed by atoms with Crippen molar-refractivity contribution in [3.8, 4) is 0 Å². The summed E-state index contributed by atoms with van der Waals surface area (Å²) in [5.74, 6) is 0.0481. The molecule has 74 valence electrons. The van der Waals surface area contributed by atoms with Crippen molar-refractivity contribution >= 4 is 32.8 Å². The van der Waals surface area contributed by atoms with Crippen molar-refractivity contribution in [1.82, 2.24) is 0 Å². The number of rotatable bonds is 4. The van der Waals surface area contributed by atoms with Crippen molar-refractivity contribution in [2.45, 2.75) is 11.8 Å². The van der Waals surface area contributed by atoms with Gasteiger partial charge in [0, 0.05) is 11.1 Å². The number of alkyl halides is 1. The minimum Gasteiger partial charge on any atom is -0.229 e. The summed E-state index contributed by atoms with van der Waals surface area (Å²) in [6.07, 6.45) is 1.84. The number of sulfone groups is 1. The van der Waals surface area contributed by atoms with Gasteiger partial charge in [0.05, 0.1) is 11.1 Å². The summed E-state index contributed by atoms with van der Waals surface area (Å²) in [6.45, 7) is 0. The molecule has 1 aromatic heterocycles. The molecule has 0 amide bonds. The molecule has 0 N–H and O–H groups in total. The third kappa shape index (κ3) is 4.64. The molecule has 0 aliphatic carbocycles. The molecule has 1 unspecified atom stereocenters. The molecule has 0 radical (unpaired) electrons. The highest BCUT2D eigenvalue weighted by Gasteiger charge is 2.13. The highest BCUT2D eigenvalue weighted by molar-refractivity contribution is 7.90.